The van der Waals surface area contributed by atoms with Crippen molar-refractivity contribution in [2.45, 2.75) is 63.8 Å². The Bertz CT molecular complexity index is 803. The number of aryl methyl sites for hydroxylation is 1. The van der Waals surface area contributed by atoms with Crippen molar-refractivity contribution in [3.63, 3.8) is 0 Å². The van der Waals surface area contributed by atoms with Crippen molar-refractivity contribution in [1.29, 1.82) is 0 Å². The summed E-state index contributed by atoms with van der Waals surface area (Å²) in [5.74, 6) is -1.12. The van der Waals surface area contributed by atoms with Crippen molar-refractivity contribution >= 4 is 5.65 Å². The van der Waals surface area contributed by atoms with Crippen LogP contribution in [0.5, 0.6) is 0 Å². The number of ether oxygens (including phenoxy) is 1. The number of nitrogens with zero attached hydrogens (tertiary/aromatic N) is 3. The minimum atomic E-state index is -4.09. The summed E-state index contributed by atoms with van der Waals surface area (Å²) in [5, 5.41) is 8.13. The van der Waals surface area contributed by atoms with Gasteiger partial charge in [0.15, 0.2) is 5.65 Å². The molecule has 2 fully saturated rings. The molecule has 2 aliphatic rings. The molecule has 5 nitrogen and oxygen atoms in total. The number of aromatic nitrogens is 3. The number of hydrogen-bond acceptors (Lipinski definition) is 4. The molecule has 0 unspecified atom stereocenters. The Balaban J connectivity index is 1.58. The molecule has 0 amide bonds. The van der Waals surface area contributed by atoms with Gasteiger partial charge in [-0.05, 0) is 45.6 Å². The Morgan fingerprint density at radius 1 is 1.19 bits per heavy atom. The standard InChI is InChI=1S/C19H25F3N4O/c1-11-7-16(17-9-23-12(2)10-27-17)26-18(24-11)8-15(25-26)13-3-5-14(6-4-13)19(20,21)22/h7-8,12-14,17,23H,3-6,9-10H2,1-2H3/t12-,13?,14?,17+/m1/s1. The summed E-state index contributed by atoms with van der Waals surface area (Å²) in [4.78, 5) is 4.56. The van der Waals surface area contributed by atoms with Crippen LogP contribution in [-0.2, 0) is 4.74 Å². The Morgan fingerprint density at radius 2 is 1.93 bits per heavy atom. The number of alkyl halides is 3. The van der Waals surface area contributed by atoms with Gasteiger partial charge < -0.3 is 10.1 Å². The molecule has 1 saturated carbocycles. The summed E-state index contributed by atoms with van der Waals surface area (Å²) in [6.45, 7) is 5.34. The minimum Gasteiger partial charge on any atom is -0.369 e. The Morgan fingerprint density at radius 3 is 2.56 bits per heavy atom. The third-order valence-corrected chi connectivity index (χ3v) is 5.74. The van der Waals surface area contributed by atoms with E-state index in [1.54, 1.807) is 4.52 Å². The molecule has 1 aliphatic carbocycles. The first-order valence-corrected chi connectivity index (χ1v) is 9.60. The van der Waals surface area contributed by atoms with Crippen molar-refractivity contribution in [1.82, 2.24) is 19.9 Å². The second kappa shape index (κ2) is 7.05. The van der Waals surface area contributed by atoms with Crippen molar-refractivity contribution in [3.05, 3.63) is 29.2 Å². The second-order valence-electron chi connectivity index (χ2n) is 7.88. The largest absolute Gasteiger partial charge is 0.391 e. The molecule has 1 aliphatic heterocycles. The maximum Gasteiger partial charge on any atom is 0.391 e. The van der Waals surface area contributed by atoms with Gasteiger partial charge in [-0.2, -0.15) is 18.3 Å². The molecule has 3 heterocycles. The van der Waals surface area contributed by atoms with Gasteiger partial charge in [-0.25, -0.2) is 9.50 Å². The highest BCUT2D eigenvalue weighted by Crippen LogP contribution is 2.42. The lowest BCUT2D eigenvalue weighted by Gasteiger charge is -2.29. The summed E-state index contributed by atoms with van der Waals surface area (Å²) < 4.78 is 46.5. The number of morpholine rings is 1. The fraction of sp³-hybridized carbons (Fsp3) is 0.684. The molecule has 0 spiro atoms. The number of nitrogens with one attached hydrogen (secondary N) is 1. The monoisotopic (exact) mass is 382 g/mol. The normalized spacial score (nSPS) is 30.0. The van der Waals surface area contributed by atoms with E-state index in [1.807, 2.05) is 19.1 Å². The molecule has 8 heteroatoms. The van der Waals surface area contributed by atoms with E-state index in [0.29, 0.717) is 32.0 Å². The zero-order valence-electron chi connectivity index (χ0n) is 15.6. The van der Waals surface area contributed by atoms with Crippen LogP contribution in [-0.4, -0.2) is 40.0 Å². The first-order chi connectivity index (χ1) is 12.8. The topological polar surface area (TPSA) is 51.5 Å². The van der Waals surface area contributed by atoms with Crippen LogP contribution in [0.4, 0.5) is 13.2 Å². The van der Waals surface area contributed by atoms with E-state index < -0.39 is 12.1 Å². The fourth-order valence-electron chi connectivity index (χ4n) is 4.17. The average Bonchev–Trinajstić information content (AvgIpc) is 3.05. The highest BCUT2D eigenvalue weighted by atomic mass is 19.4. The van der Waals surface area contributed by atoms with Gasteiger partial charge in [-0.3, -0.25) is 0 Å². The van der Waals surface area contributed by atoms with Gasteiger partial charge in [0.05, 0.1) is 23.9 Å². The third kappa shape index (κ3) is 3.82. The van der Waals surface area contributed by atoms with Crippen LogP contribution in [0.25, 0.3) is 5.65 Å². The van der Waals surface area contributed by atoms with Gasteiger partial charge >= 0.3 is 6.18 Å². The van der Waals surface area contributed by atoms with Crippen molar-refractivity contribution < 1.29 is 17.9 Å². The molecule has 27 heavy (non-hydrogen) atoms. The van der Waals surface area contributed by atoms with E-state index in [1.165, 1.54) is 0 Å². The molecule has 0 radical (unpaired) electrons. The molecule has 1 N–H and O–H groups in total. The Hall–Kier alpha value is -1.67. The highest BCUT2D eigenvalue weighted by Gasteiger charge is 2.42. The Labute approximate surface area is 156 Å². The lowest BCUT2D eigenvalue weighted by atomic mass is 9.80. The van der Waals surface area contributed by atoms with Gasteiger partial charge in [0.2, 0.25) is 0 Å². The predicted octanol–water partition coefficient (Wildman–Crippen LogP) is 3.92. The quantitative estimate of drug-likeness (QED) is 0.855. The summed E-state index contributed by atoms with van der Waals surface area (Å²) in [6.07, 6.45) is -2.82. The van der Waals surface area contributed by atoms with Gasteiger partial charge in [0.1, 0.15) is 6.10 Å². The zero-order valence-corrected chi connectivity index (χ0v) is 15.6. The maximum atomic E-state index is 12.9. The summed E-state index contributed by atoms with van der Waals surface area (Å²) in [5.41, 5.74) is 3.39. The third-order valence-electron chi connectivity index (χ3n) is 5.74. The van der Waals surface area contributed by atoms with Gasteiger partial charge in [0.25, 0.3) is 0 Å². The Kier molecular flexibility index (Phi) is 4.88. The molecule has 2 aromatic rings. The molecule has 2 atom stereocenters. The van der Waals surface area contributed by atoms with Crippen LogP contribution in [0.15, 0.2) is 12.1 Å². The van der Waals surface area contributed by atoms with Gasteiger partial charge in [-0.1, -0.05) is 0 Å². The molecule has 0 bridgehead atoms. The number of hydrogen-bond donors (Lipinski definition) is 1. The smallest absolute Gasteiger partial charge is 0.369 e. The molecular weight excluding hydrogens is 357 g/mol. The first-order valence-electron chi connectivity index (χ1n) is 9.60. The van der Waals surface area contributed by atoms with Crippen LogP contribution in [0.2, 0.25) is 0 Å². The van der Waals surface area contributed by atoms with Gasteiger partial charge in [-0.15, -0.1) is 0 Å². The minimum absolute atomic E-state index is 0.0591. The number of halogens is 3. The molecule has 2 aromatic heterocycles. The second-order valence-corrected chi connectivity index (χ2v) is 7.88. The summed E-state index contributed by atoms with van der Waals surface area (Å²) >= 11 is 0. The van der Waals surface area contributed by atoms with Crippen LogP contribution in [0, 0.1) is 12.8 Å². The van der Waals surface area contributed by atoms with E-state index >= 15 is 0 Å². The van der Waals surface area contributed by atoms with E-state index in [2.05, 4.69) is 17.2 Å². The highest BCUT2D eigenvalue weighted by molar-refractivity contribution is 5.43. The average molecular weight is 382 g/mol. The predicted molar refractivity (Wildman–Crippen MR) is 94.6 cm³/mol. The van der Waals surface area contributed by atoms with Crippen LogP contribution >= 0.6 is 0 Å². The SMILES string of the molecule is Cc1cc([C@@H]2CN[C@H](C)CO2)n2nc(C3CCC(C(F)(F)F)CC3)cc2n1. The number of rotatable bonds is 2. The van der Waals surface area contributed by atoms with Crippen molar-refractivity contribution in [2.75, 3.05) is 13.2 Å². The summed E-state index contributed by atoms with van der Waals surface area (Å²) in [7, 11) is 0. The number of fused-ring (bicyclic) bond motifs is 1. The van der Waals surface area contributed by atoms with E-state index in [9.17, 15) is 13.2 Å². The lowest BCUT2D eigenvalue weighted by Crippen LogP contribution is -2.41. The molecule has 148 valence electrons. The molecular formula is C19H25F3N4O. The molecule has 1 saturated heterocycles. The molecule has 4 rings (SSSR count). The van der Waals surface area contributed by atoms with E-state index in [4.69, 9.17) is 9.84 Å². The van der Waals surface area contributed by atoms with Crippen LogP contribution in [0.1, 0.15) is 61.7 Å². The van der Waals surface area contributed by atoms with Crippen LogP contribution in [0.3, 0.4) is 0 Å². The van der Waals surface area contributed by atoms with Crippen molar-refractivity contribution in [3.8, 4) is 0 Å². The fourth-order valence-corrected chi connectivity index (χ4v) is 4.17. The lowest BCUT2D eigenvalue weighted by molar-refractivity contribution is -0.182. The van der Waals surface area contributed by atoms with E-state index in [-0.39, 0.29) is 24.9 Å². The maximum absolute atomic E-state index is 12.9. The molecule has 0 aromatic carbocycles. The van der Waals surface area contributed by atoms with E-state index in [0.717, 1.165) is 22.7 Å². The van der Waals surface area contributed by atoms with Crippen molar-refractivity contribution in [2.24, 2.45) is 5.92 Å². The van der Waals surface area contributed by atoms with Gasteiger partial charge in [0, 0.05) is 30.3 Å². The summed E-state index contributed by atoms with van der Waals surface area (Å²) in [6, 6.07) is 4.22. The zero-order chi connectivity index (χ0) is 19.2. The van der Waals surface area contributed by atoms with Crippen LogP contribution < -0.4 is 5.32 Å². The first kappa shape index (κ1) is 18.7.